The molecule has 1 aliphatic carbocycles. The summed E-state index contributed by atoms with van der Waals surface area (Å²) < 4.78 is 1.92. The summed E-state index contributed by atoms with van der Waals surface area (Å²) in [6.45, 7) is 6.54. The van der Waals surface area contributed by atoms with Gasteiger partial charge in [-0.25, -0.2) is 0 Å². The highest BCUT2D eigenvalue weighted by Crippen LogP contribution is 2.29. The van der Waals surface area contributed by atoms with E-state index in [4.69, 9.17) is 0 Å². The van der Waals surface area contributed by atoms with E-state index in [9.17, 15) is 14.4 Å². The molecular weight excluding hydrogens is 342 g/mol. The van der Waals surface area contributed by atoms with Gasteiger partial charge in [0.25, 0.3) is 11.8 Å². The molecule has 0 aliphatic heterocycles. The van der Waals surface area contributed by atoms with Crippen LogP contribution in [0.2, 0.25) is 0 Å². The Balaban J connectivity index is 2.43. The predicted molar refractivity (Wildman–Crippen MR) is 107 cm³/mol. The Kier molecular flexibility index (Phi) is 7.63. The van der Waals surface area contributed by atoms with E-state index >= 15 is 0 Å². The van der Waals surface area contributed by atoms with E-state index in [1.165, 1.54) is 0 Å². The smallest absolute Gasteiger partial charge is 0.259 e. The monoisotopic (exact) mass is 375 g/mol. The van der Waals surface area contributed by atoms with Crippen LogP contribution in [-0.4, -0.2) is 40.9 Å². The molecule has 6 nitrogen and oxygen atoms in total. The third-order valence-electron chi connectivity index (χ3n) is 5.45. The van der Waals surface area contributed by atoms with Crippen molar-refractivity contribution in [3.05, 3.63) is 33.7 Å². The molecule has 1 aromatic heterocycles. The second kappa shape index (κ2) is 9.72. The van der Waals surface area contributed by atoms with Gasteiger partial charge in [0, 0.05) is 38.1 Å². The number of nitrogens with zero attached hydrogens (tertiary/aromatic N) is 2. The SMILES string of the molecule is CCCCN(C)C(=O)c1cn(C2CCCC2)cc(C(=O)N[C@H](C)CC)c1=O. The second-order valence-corrected chi connectivity index (χ2v) is 7.66. The summed E-state index contributed by atoms with van der Waals surface area (Å²) in [5.74, 6) is -0.703. The number of nitrogens with one attached hydrogen (secondary N) is 1. The Hall–Kier alpha value is -2.11. The summed E-state index contributed by atoms with van der Waals surface area (Å²) in [6, 6.07) is 0.219. The molecule has 0 radical (unpaired) electrons. The minimum absolute atomic E-state index is 0.0246. The third kappa shape index (κ3) is 5.21. The van der Waals surface area contributed by atoms with Crippen LogP contribution in [0.25, 0.3) is 0 Å². The molecule has 1 N–H and O–H groups in total. The number of carbonyl (C=O) groups is 2. The molecule has 2 amide bonds. The van der Waals surface area contributed by atoms with Crippen LogP contribution in [0.3, 0.4) is 0 Å². The van der Waals surface area contributed by atoms with Crippen LogP contribution < -0.4 is 10.7 Å². The van der Waals surface area contributed by atoms with Crippen LogP contribution in [0.15, 0.2) is 17.2 Å². The Labute approximate surface area is 161 Å². The Bertz CT molecular complexity index is 720. The van der Waals surface area contributed by atoms with Gasteiger partial charge in [-0.3, -0.25) is 14.4 Å². The number of hydrogen-bond donors (Lipinski definition) is 1. The zero-order valence-corrected chi connectivity index (χ0v) is 17.1. The van der Waals surface area contributed by atoms with Crippen LogP contribution in [0, 0.1) is 0 Å². The number of pyridine rings is 1. The lowest BCUT2D eigenvalue weighted by Gasteiger charge is -2.21. The fraction of sp³-hybridized carbons (Fsp3) is 0.667. The van der Waals surface area contributed by atoms with E-state index in [0.29, 0.717) is 6.54 Å². The van der Waals surface area contributed by atoms with Gasteiger partial charge >= 0.3 is 0 Å². The molecule has 1 atom stereocenters. The van der Waals surface area contributed by atoms with Gasteiger partial charge in [-0.15, -0.1) is 0 Å². The van der Waals surface area contributed by atoms with Crippen molar-refractivity contribution in [2.75, 3.05) is 13.6 Å². The van der Waals surface area contributed by atoms with E-state index in [-0.39, 0.29) is 29.1 Å². The average molecular weight is 376 g/mol. The quantitative estimate of drug-likeness (QED) is 0.757. The van der Waals surface area contributed by atoms with Gasteiger partial charge in [-0.05, 0) is 32.6 Å². The molecule has 6 heteroatoms. The molecule has 1 saturated carbocycles. The number of amides is 2. The highest BCUT2D eigenvalue weighted by Gasteiger charge is 2.25. The minimum Gasteiger partial charge on any atom is -0.349 e. The second-order valence-electron chi connectivity index (χ2n) is 7.66. The molecule has 150 valence electrons. The summed E-state index contributed by atoms with van der Waals surface area (Å²) in [5.41, 5.74) is -0.312. The largest absolute Gasteiger partial charge is 0.349 e. The van der Waals surface area contributed by atoms with Gasteiger partial charge in [-0.2, -0.15) is 0 Å². The maximum atomic E-state index is 12.9. The highest BCUT2D eigenvalue weighted by atomic mass is 16.2. The molecule has 1 aliphatic rings. The van der Waals surface area contributed by atoms with Crippen molar-refractivity contribution in [1.82, 2.24) is 14.8 Å². The van der Waals surface area contributed by atoms with Crippen molar-refractivity contribution in [1.29, 1.82) is 0 Å². The highest BCUT2D eigenvalue weighted by molar-refractivity contribution is 5.99. The van der Waals surface area contributed by atoms with E-state index in [2.05, 4.69) is 12.2 Å². The standard InChI is InChI=1S/C21H33N3O3/c1-5-7-12-23(4)21(27)18-14-24(16-10-8-9-11-16)13-17(19(18)25)20(26)22-15(3)6-2/h13-16H,5-12H2,1-4H3,(H,22,26)/t15-/m1/s1. The van der Waals surface area contributed by atoms with Gasteiger partial charge in [-0.1, -0.05) is 33.1 Å². The summed E-state index contributed by atoms with van der Waals surface area (Å²) in [7, 11) is 1.71. The van der Waals surface area contributed by atoms with Gasteiger partial charge in [0.15, 0.2) is 0 Å². The number of rotatable bonds is 8. The minimum atomic E-state index is -0.474. The maximum absolute atomic E-state index is 12.9. The van der Waals surface area contributed by atoms with E-state index in [0.717, 1.165) is 44.9 Å². The van der Waals surface area contributed by atoms with Crippen molar-refractivity contribution in [3.63, 3.8) is 0 Å². The fourth-order valence-electron chi connectivity index (χ4n) is 3.43. The van der Waals surface area contributed by atoms with Gasteiger partial charge in [0.05, 0.1) is 0 Å². The first kappa shape index (κ1) is 21.2. The van der Waals surface area contributed by atoms with E-state index < -0.39 is 11.3 Å². The number of unbranched alkanes of at least 4 members (excludes halogenated alkanes) is 1. The molecule has 27 heavy (non-hydrogen) atoms. The molecule has 0 unspecified atom stereocenters. The number of hydrogen-bond acceptors (Lipinski definition) is 3. The van der Waals surface area contributed by atoms with Crippen molar-refractivity contribution < 1.29 is 9.59 Å². The van der Waals surface area contributed by atoms with E-state index in [1.807, 2.05) is 18.4 Å². The van der Waals surface area contributed by atoms with Crippen molar-refractivity contribution in [2.45, 2.75) is 77.8 Å². The molecule has 0 aromatic carbocycles. The van der Waals surface area contributed by atoms with Crippen LogP contribution >= 0.6 is 0 Å². The van der Waals surface area contributed by atoms with E-state index in [1.54, 1.807) is 24.3 Å². The summed E-state index contributed by atoms with van der Waals surface area (Å²) >= 11 is 0. The summed E-state index contributed by atoms with van der Waals surface area (Å²) in [6.07, 6.45) is 10.2. The number of aromatic nitrogens is 1. The first-order chi connectivity index (χ1) is 12.9. The molecule has 0 bridgehead atoms. The first-order valence-corrected chi connectivity index (χ1v) is 10.2. The third-order valence-corrected chi connectivity index (χ3v) is 5.45. The zero-order chi connectivity index (χ0) is 20.0. The Morgan fingerprint density at radius 3 is 2.44 bits per heavy atom. The number of carbonyl (C=O) groups excluding carboxylic acids is 2. The molecule has 1 aromatic rings. The Morgan fingerprint density at radius 2 is 1.85 bits per heavy atom. The average Bonchev–Trinajstić information content (AvgIpc) is 3.20. The van der Waals surface area contributed by atoms with Crippen LogP contribution in [0.5, 0.6) is 0 Å². The van der Waals surface area contributed by atoms with Crippen molar-refractivity contribution in [2.24, 2.45) is 0 Å². The molecule has 0 saturated heterocycles. The van der Waals surface area contributed by atoms with Crippen molar-refractivity contribution >= 4 is 11.8 Å². The lowest BCUT2D eigenvalue weighted by molar-refractivity contribution is 0.0791. The molecule has 1 fully saturated rings. The van der Waals surface area contributed by atoms with Gasteiger partial charge in [0.2, 0.25) is 5.43 Å². The summed E-state index contributed by atoms with van der Waals surface area (Å²) in [4.78, 5) is 40.1. The molecular formula is C21H33N3O3. The maximum Gasteiger partial charge on any atom is 0.259 e. The molecule has 1 heterocycles. The molecule has 2 rings (SSSR count). The van der Waals surface area contributed by atoms with Gasteiger partial charge < -0.3 is 14.8 Å². The fourth-order valence-corrected chi connectivity index (χ4v) is 3.43. The van der Waals surface area contributed by atoms with Crippen LogP contribution in [-0.2, 0) is 0 Å². The zero-order valence-electron chi connectivity index (χ0n) is 17.1. The summed E-state index contributed by atoms with van der Waals surface area (Å²) in [5, 5.41) is 2.86. The normalized spacial score (nSPS) is 15.6. The predicted octanol–water partition coefficient (Wildman–Crippen LogP) is 3.36. The lowest BCUT2D eigenvalue weighted by Crippen LogP contribution is -2.39. The van der Waals surface area contributed by atoms with Crippen LogP contribution in [0.1, 0.15) is 92.5 Å². The topological polar surface area (TPSA) is 71.4 Å². The first-order valence-electron chi connectivity index (χ1n) is 10.2. The van der Waals surface area contributed by atoms with Crippen LogP contribution in [0.4, 0.5) is 0 Å². The van der Waals surface area contributed by atoms with Gasteiger partial charge in [0.1, 0.15) is 11.1 Å². The Morgan fingerprint density at radius 1 is 1.22 bits per heavy atom. The van der Waals surface area contributed by atoms with Crippen molar-refractivity contribution in [3.8, 4) is 0 Å². The molecule has 0 spiro atoms. The lowest BCUT2D eigenvalue weighted by atomic mass is 10.1.